The summed E-state index contributed by atoms with van der Waals surface area (Å²) in [6.07, 6.45) is 5.99. The molecule has 2 rings (SSSR count). The third-order valence-corrected chi connectivity index (χ3v) is 4.27. The van der Waals surface area contributed by atoms with Crippen molar-refractivity contribution in [2.45, 2.75) is 32.1 Å². The van der Waals surface area contributed by atoms with Gasteiger partial charge >= 0.3 is 0 Å². The summed E-state index contributed by atoms with van der Waals surface area (Å²) in [5.41, 5.74) is 0.651. The van der Waals surface area contributed by atoms with Crippen LogP contribution in [0.25, 0.3) is 0 Å². The van der Waals surface area contributed by atoms with Crippen LogP contribution in [0.4, 0.5) is 0 Å². The first-order valence-corrected chi connectivity index (χ1v) is 7.51. The van der Waals surface area contributed by atoms with E-state index in [1.54, 1.807) is 6.07 Å². The van der Waals surface area contributed by atoms with Crippen molar-refractivity contribution in [1.82, 2.24) is 4.90 Å². The Morgan fingerprint density at radius 3 is 2.68 bits per heavy atom. The summed E-state index contributed by atoms with van der Waals surface area (Å²) < 4.78 is 0. The molecule has 3 heteroatoms. The molecule has 0 heterocycles. The van der Waals surface area contributed by atoms with Gasteiger partial charge in [-0.05, 0) is 37.9 Å². The Hall–Kier alpha value is -0.860. The van der Waals surface area contributed by atoms with Crippen LogP contribution in [0.3, 0.4) is 0 Å². The second kappa shape index (κ2) is 7.06. The van der Waals surface area contributed by atoms with E-state index in [1.807, 2.05) is 18.2 Å². The molecular formula is C16H22ClNO. The van der Waals surface area contributed by atoms with Crippen molar-refractivity contribution in [3.8, 4) is 0 Å². The van der Waals surface area contributed by atoms with Crippen molar-refractivity contribution >= 4 is 17.4 Å². The summed E-state index contributed by atoms with van der Waals surface area (Å²) in [5.74, 6) is 0.976. The Kier molecular flexibility index (Phi) is 5.41. The molecule has 19 heavy (non-hydrogen) atoms. The molecule has 0 spiro atoms. The summed E-state index contributed by atoms with van der Waals surface area (Å²) in [5, 5.41) is 0.561. The summed E-state index contributed by atoms with van der Waals surface area (Å²) in [6, 6.07) is 7.30. The quantitative estimate of drug-likeness (QED) is 0.733. The second-order valence-electron chi connectivity index (χ2n) is 5.57. The van der Waals surface area contributed by atoms with Gasteiger partial charge in [-0.25, -0.2) is 0 Å². The second-order valence-corrected chi connectivity index (χ2v) is 5.97. The average Bonchev–Trinajstić information content (AvgIpc) is 2.89. The third-order valence-electron chi connectivity index (χ3n) is 3.94. The highest BCUT2D eigenvalue weighted by molar-refractivity contribution is 6.33. The number of Topliss-reactive ketones (excluding diaryl/α,β-unsaturated/α-hetero) is 1. The molecule has 0 bridgehead atoms. The van der Waals surface area contributed by atoms with E-state index >= 15 is 0 Å². The van der Waals surface area contributed by atoms with Crippen LogP contribution in [0.2, 0.25) is 5.02 Å². The van der Waals surface area contributed by atoms with Gasteiger partial charge in [0.15, 0.2) is 5.78 Å². The molecule has 104 valence electrons. The largest absolute Gasteiger partial charge is 0.306 e. The SMILES string of the molecule is CN(CCC(=O)c1ccccc1Cl)CC1CCCC1. The van der Waals surface area contributed by atoms with Crippen molar-refractivity contribution in [2.75, 3.05) is 20.1 Å². The van der Waals surface area contributed by atoms with Crippen LogP contribution in [0.5, 0.6) is 0 Å². The van der Waals surface area contributed by atoms with E-state index in [4.69, 9.17) is 11.6 Å². The number of carbonyl (C=O) groups excluding carboxylic acids is 1. The Bertz CT molecular complexity index is 427. The van der Waals surface area contributed by atoms with Crippen molar-refractivity contribution in [3.63, 3.8) is 0 Å². The molecule has 1 fully saturated rings. The van der Waals surface area contributed by atoms with Gasteiger partial charge in [0.1, 0.15) is 0 Å². The summed E-state index contributed by atoms with van der Waals surface area (Å²) in [7, 11) is 2.11. The monoisotopic (exact) mass is 279 g/mol. The first-order chi connectivity index (χ1) is 9.16. The third kappa shape index (κ3) is 4.32. The van der Waals surface area contributed by atoms with Gasteiger partial charge in [-0.2, -0.15) is 0 Å². The molecule has 0 atom stereocenters. The number of nitrogens with zero attached hydrogens (tertiary/aromatic N) is 1. The predicted octanol–water partition coefficient (Wildman–Crippen LogP) is 4.03. The number of hydrogen-bond acceptors (Lipinski definition) is 2. The van der Waals surface area contributed by atoms with E-state index in [0.29, 0.717) is 17.0 Å². The molecule has 0 amide bonds. The van der Waals surface area contributed by atoms with E-state index in [-0.39, 0.29) is 5.78 Å². The van der Waals surface area contributed by atoms with E-state index in [2.05, 4.69) is 11.9 Å². The van der Waals surface area contributed by atoms with Crippen LogP contribution < -0.4 is 0 Å². The van der Waals surface area contributed by atoms with Crippen molar-refractivity contribution in [3.05, 3.63) is 34.9 Å². The fourth-order valence-electron chi connectivity index (χ4n) is 2.84. The van der Waals surface area contributed by atoms with E-state index in [0.717, 1.165) is 19.0 Å². The standard InChI is InChI=1S/C16H22ClNO/c1-18(12-13-6-2-3-7-13)11-10-16(19)14-8-4-5-9-15(14)17/h4-5,8-9,13H,2-3,6-7,10-12H2,1H3. The molecule has 0 aromatic heterocycles. The summed E-state index contributed by atoms with van der Waals surface area (Å²) in [4.78, 5) is 14.4. The molecule has 2 nitrogen and oxygen atoms in total. The Labute approximate surface area is 120 Å². The summed E-state index contributed by atoms with van der Waals surface area (Å²) in [6.45, 7) is 1.94. The minimum Gasteiger partial charge on any atom is -0.306 e. The molecule has 0 aliphatic heterocycles. The van der Waals surface area contributed by atoms with Gasteiger partial charge in [0, 0.05) is 25.1 Å². The topological polar surface area (TPSA) is 20.3 Å². The number of halogens is 1. The number of carbonyl (C=O) groups is 1. The highest BCUT2D eigenvalue weighted by atomic mass is 35.5. The molecule has 0 saturated heterocycles. The zero-order valence-electron chi connectivity index (χ0n) is 11.6. The number of hydrogen-bond donors (Lipinski definition) is 0. The van der Waals surface area contributed by atoms with Crippen molar-refractivity contribution < 1.29 is 4.79 Å². The van der Waals surface area contributed by atoms with Gasteiger partial charge in [-0.3, -0.25) is 4.79 Å². The fraction of sp³-hybridized carbons (Fsp3) is 0.562. The normalized spacial score (nSPS) is 16.2. The van der Waals surface area contributed by atoms with E-state index in [1.165, 1.54) is 25.7 Å². The van der Waals surface area contributed by atoms with Gasteiger partial charge in [0.05, 0.1) is 5.02 Å². The van der Waals surface area contributed by atoms with Crippen LogP contribution in [0, 0.1) is 5.92 Å². The Morgan fingerprint density at radius 2 is 2.00 bits per heavy atom. The molecule has 1 aliphatic rings. The van der Waals surface area contributed by atoms with E-state index < -0.39 is 0 Å². The number of rotatable bonds is 6. The highest BCUT2D eigenvalue weighted by Gasteiger charge is 2.17. The van der Waals surface area contributed by atoms with Crippen LogP contribution in [-0.4, -0.2) is 30.8 Å². The van der Waals surface area contributed by atoms with Gasteiger partial charge in [-0.15, -0.1) is 0 Å². The molecule has 0 N–H and O–H groups in total. The lowest BCUT2D eigenvalue weighted by Gasteiger charge is -2.20. The number of ketones is 1. The molecule has 0 unspecified atom stereocenters. The molecule has 1 aliphatic carbocycles. The predicted molar refractivity (Wildman–Crippen MR) is 79.9 cm³/mol. The zero-order chi connectivity index (χ0) is 13.7. The van der Waals surface area contributed by atoms with Gasteiger partial charge in [0.2, 0.25) is 0 Å². The summed E-state index contributed by atoms with van der Waals surface area (Å²) >= 11 is 6.04. The van der Waals surface area contributed by atoms with Crippen molar-refractivity contribution in [2.24, 2.45) is 5.92 Å². The molecule has 1 aromatic rings. The van der Waals surface area contributed by atoms with Gasteiger partial charge in [0.25, 0.3) is 0 Å². The highest BCUT2D eigenvalue weighted by Crippen LogP contribution is 2.25. The lowest BCUT2D eigenvalue weighted by atomic mass is 10.1. The van der Waals surface area contributed by atoms with Crippen LogP contribution >= 0.6 is 11.6 Å². The Morgan fingerprint density at radius 1 is 1.32 bits per heavy atom. The molecular weight excluding hydrogens is 258 g/mol. The maximum Gasteiger partial charge on any atom is 0.165 e. The lowest BCUT2D eigenvalue weighted by Crippen LogP contribution is -2.27. The maximum atomic E-state index is 12.1. The number of benzene rings is 1. The average molecular weight is 280 g/mol. The maximum absolute atomic E-state index is 12.1. The van der Waals surface area contributed by atoms with Gasteiger partial charge < -0.3 is 4.90 Å². The van der Waals surface area contributed by atoms with Gasteiger partial charge in [-0.1, -0.05) is 36.6 Å². The Balaban J connectivity index is 1.78. The fourth-order valence-corrected chi connectivity index (χ4v) is 3.08. The van der Waals surface area contributed by atoms with Crippen LogP contribution in [-0.2, 0) is 0 Å². The first-order valence-electron chi connectivity index (χ1n) is 7.13. The lowest BCUT2D eigenvalue weighted by molar-refractivity contribution is 0.0966. The minimum absolute atomic E-state index is 0.142. The molecule has 1 aromatic carbocycles. The van der Waals surface area contributed by atoms with E-state index in [9.17, 15) is 4.79 Å². The first kappa shape index (κ1) is 14.5. The smallest absolute Gasteiger partial charge is 0.165 e. The zero-order valence-corrected chi connectivity index (χ0v) is 12.3. The minimum atomic E-state index is 0.142. The van der Waals surface area contributed by atoms with Crippen molar-refractivity contribution in [1.29, 1.82) is 0 Å². The molecule has 1 saturated carbocycles. The van der Waals surface area contributed by atoms with Crippen LogP contribution in [0.1, 0.15) is 42.5 Å². The molecule has 0 radical (unpaired) electrons. The van der Waals surface area contributed by atoms with Crippen LogP contribution in [0.15, 0.2) is 24.3 Å².